The van der Waals surface area contributed by atoms with Crippen LogP contribution in [0.15, 0.2) is 60.8 Å². The maximum absolute atomic E-state index is 12.6. The maximum Gasteiger partial charge on any atom is 0.416 e. The Morgan fingerprint density at radius 1 is 1.03 bits per heavy atom. The first-order chi connectivity index (χ1) is 15.7. The van der Waals surface area contributed by atoms with Gasteiger partial charge < -0.3 is 15.4 Å². The normalized spacial score (nSPS) is 10.8. The Kier molecular flexibility index (Phi) is 7.01. The number of rotatable bonds is 6. The number of amides is 3. The first kappa shape index (κ1) is 23.4. The lowest BCUT2D eigenvalue weighted by atomic mass is 10.2. The summed E-state index contributed by atoms with van der Waals surface area (Å²) in [7, 11) is 1.50. The highest BCUT2D eigenvalue weighted by molar-refractivity contribution is 5.92. The molecule has 0 atom stereocenters. The van der Waals surface area contributed by atoms with Crippen molar-refractivity contribution in [2.75, 3.05) is 17.8 Å². The van der Waals surface area contributed by atoms with Crippen molar-refractivity contribution in [3.63, 3.8) is 0 Å². The molecular weight excluding hydrogens is 439 g/mol. The van der Waals surface area contributed by atoms with Crippen LogP contribution in [0, 0.1) is 6.92 Å². The molecule has 3 amide bonds. The predicted octanol–water partition coefficient (Wildman–Crippen LogP) is 4.71. The largest absolute Gasteiger partial charge is 0.457 e. The molecule has 172 valence electrons. The van der Waals surface area contributed by atoms with Crippen LogP contribution in [0.2, 0.25) is 0 Å². The second-order valence-electron chi connectivity index (χ2n) is 6.77. The average Bonchev–Trinajstić information content (AvgIpc) is 2.79. The fourth-order valence-electron chi connectivity index (χ4n) is 2.74. The van der Waals surface area contributed by atoms with Gasteiger partial charge in [-0.3, -0.25) is 20.6 Å². The highest BCUT2D eigenvalue weighted by Crippen LogP contribution is 2.30. The Balaban J connectivity index is 1.63. The number of carbonyl (C=O) groups is 2. The van der Waals surface area contributed by atoms with E-state index < -0.39 is 17.8 Å². The number of aromatic nitrogens is 1. The van der Waals surface area contributed by atoms with Crippen LogP contribution in [-0.4, -0.2) is 24.0 Å². The van der Waals surface area contributed by atoms with Gasteiger partial charge in [-0.2, -0.15) is 13.2 Å². The van der Waals surface area contributed by atoms with Gasteiger partial charge in [0.2, 0.25) is 0 Å². The van der Waals surface area contributed by atoms with E-state index in [1.54, 1.807) is 31.2 Å². The smallest absolute Gasteiger partial charge is 0.416 e. The predicted molar refractivity (Wildman–Crippen MR) is 116 cm³/mol. The molecule has 1 heterocycles. The van der Waals surface area contributed by atoms with Crippen molar-refractivity contribution < 1.29 is 27.5 Å². The number of alkyl halides is 3. The zero-order valence-corrected chi connectivity index (χ0v) is 17.6. The fraction of sp³-hybridized carbons (Fsp3) is 0.136. The summed E-state index contributed by atoms with van der Waals surface area (Å²) in [6.07, 6.45) is -3.00. The summed E-state index contributed by atoms with van der Waals surface area (Å²) in [4.78, 5) is 27.8. The first-order valence-corrected chi connectivity index (χ1v) is 9.63. The number of nitrogens with one attached hydrogen (secondary N) is 4. The molecule has 0 saturated carbocycles. The summed E-state index contributed by atoms with van der Waals surface area (Å²) < 4.78 is 43.7. The molecule has 0 radical (unpaired) electrons. The molecule has 3 aromatic rings. The minimum atomic E-state index is -4.45. The Morgan fingerprint density at radius 3 is 2.42 bits per heavy atom. The summed E-state index contributed by atoms with van der Waals surface area (Å²) in [5.41, 5.74) is 5.92. The van der Waals surface area contributed by atoms with Gasteiger partial charge in [0.1, 0.15) is 17.2 Å². The van der Waals surface area contributed by atoms with Gasteiger partial charge in [0.25, 0.3) is 5.91 Å². The van der Waals surface area contributed by atoms with Crippen molar-refractivity contribution in [1.82, 2.24) is 15.7 Å². The van der Waals surface area contributed by atoms with E-state index in [4.69, 9.17) is 4.74 Å². The molecule has 0 aliphatic rings. The molecule has 1 aromatic heterocycles. The topological polar surface area (TPSA) is 104 Å². The van der Waals surface area contributed by atoms with E-state index in [0.29, 0.717) is 22.7 Å². The number of benzene rings is 2. The molecule has 0 spiro atoms. The molecule has 0 unspecified atom stereocenters. The molecule has 8 nitrogen and oxygen atoms in total. The van der Waals surface area contributed by atoms with E-state index in [0.717, 1.165) is 24.3 Å². The van der Waals surface area contributed by atoms with Crippen LogP contribution in [0.5, 0.6) is 11.5 Å². The summed E-state index contributed by atoms with van der Waals surface area (Å²) in [6, 6.07) is 11.6. The molecule has 3 rings (SSSR count). The molecular formula is C22H20F3N5O3. The third kappa shape index (κ3) is 6.12. The highest BCUT2D eigenvalue weighted by atomic mass is 19.4. The molecule has 2 aromatic carbocycles. The van der Waals surface area contributed by atoms with Crippen LogP contribution in [-0.2, 0) is 6.18 Å². The van der Waals surface area contributed by atoms with Crippen molar-refractivity contribution in [2.45, 2.75) is 13.1 Å². The van der Waals surface area contributed by atoms with E-state index in [2.05, 4.69) is 26.5 Å². The quantitative estimate of drug-likeness (QED) is 0.400. The lowest BCUT2D eigenvalue weighted by Crippen LogP contribution is -2.33. The van der Waals surface area contributed by atoms with E-state index in [1.807, 2.05) is 0 Å². The SMILES string of the molecule is CNC(=O)c1cc(Oc2cccc(NNC(=O)Nc3ccc(C(F)(F)F)cc3)c2C)ccn1. The minimum Gasteiger partial charge on any atom is -0.457 e. The lowest BCUT2D eigenvalue weighted by Gasteiger charge is -2.15. The summed E-state index contributed by atoms with van der Waals surface area (Å²) in [5, 5.41) is 4.91. The van der Waals surface area contributed by atoms with Crippen LogP contribution in [0.25, 0.3) is 0 Å². The molecule has 4 N–H and O–H groups in total. The Labute approximate surface area is 187 Å². The zero-order chi connectivity index (χ0) is 24.0. The fourth-order valence-corrected chi connectivity index (χ4v) is 2.74. The van der Waals surface area contributed by atoms with Crippen molar-refractivity contribution in [1.29, 1.82) is 0 Å². The van der Waals surface area contributed by atoms with Gasteiger partial charge in [-0.1, -0.05) is 6.07 Å². The van der Waals surface area contributed by atoms with Crippen LogP contribution in [0.4, 0.5) is 29.3 Å². The van der Waals surface area contributed by atoms with E-state index in [9.17, 15) is 22.8 Å². The van der Waals surface area contributed by atoms with Crippen LogP contribution in [0.3, 0.4) is 0 Å². The van der Waals surface area contributed by atoms with Gasteiger partial charge in [-0.05, 0) is 49.4 Å². The highest BCUT2D eigenvalue weighted by Gasteiger charge is 2.30. The van der Waals surface area contributed by atoms with Gasteiger partial charge in [-0.15, -0.1) is 0 Å². The van der Waals surface area contributed by atoms with Crippen molar-refractivity contribution >= 4 is 23.3 Å². The van der Waals surface area contributed by atoms with Crippen LogP contribution in [0.1, 0.15) is 21.6 Å². The molecule has 0 aliphatic heterocycles. The number of pyridine rings is 1. The number of hydrazine groups is 1. The zero-order valence-electron chi connectivity index (χ0n) is 17.6. The molecule has 0 bridgehead atoms. The Hall–Kier alpha value is -4.28. The number of anilines is 2. The van der Waals surface area contributed by atoms with Crippen LogP contribution >= 0.6 is 0 Å². The molecule has 11 heteroatoms. The van der Waals surface area contributed by atoms with Gasteiger partial charge in [0.05, 0.1) is 11.3 Å². The number of hydrogen-bond acceptors (Lipinski definition) is 5. The van der Waals surface area contributed by atoms with Gasteiger partial charge in [0, 0.05) is 30.6 Å². The number of urea groups is 1. The van der Waals surface area contributed by atoms with Crippen molar-refractivity contribution in [3.8, 4) is 11.5 Å². The van der Waals surface area contributed by atoms with Crippen molar-refractivity contribution in [2.24, 2.45) is 0 Å². The number of ether oxygens (including phenoxy) is 1. The molecule has 0 saturated heterocycles. The molecule has 0 aliphatic carbocycles. The Morgan fingerprint density at radius 2 is 1.76 bits per heavy atom. The number of hydrogen-bond donors (Lipinski definition) is 4. The maximum atomic E-state index is 12.6. The number of halogens is 3. The monoisotopic (exact) mass is 459 g/mol. The molecule has 33 heavy (non-hydrogen) atoms. The lowest BCUT2D eigenvalue weighted by molar-refractivity contribution is -0.137. The summed E-state index contributed by atoms with van der Waals surface area (Å²) >= 11 is 0. The van der Waals surface area contributed by atoms with E-state index in [1.165, 1.54) is 19.3 Å². The van der Waals surface area contributed by atoms with Gasteiger partial charge in [-0.25, -0.2) is 4.79 Å². The molecule has 0 fully saturated rings. The minimum absolute atomic E-state index is 0.195. The van der Waals surface area contributed by atoms with E-state index in [-0.39, 0.29) is 17.3 Å². The summed E-state index contributed by atoms with van der Waals surface area (Å²) in [6.45, 7) is 1.76. The Bertz CT molecular complexity index is 1150. The van der Waals surface area contributed by atoms with Gasteiger partial charge >= 0.3 is 12.2 Å². The standard InChI is InChI=1S/C22H20F3N5O3/c1-13-17(29-30-21(32)28-15-8-6-14(7-9-15)22(23,24)25)4-3-5-19(13)33-16-10-11-27-18(12-16)20(31)26-2/h3-12,29H,1-2H3,(H,26,31)(H2,28,30,32). The number of carbonyl (C=O) groups excluding carboxylic acids is 2. The summed E-state index contributed by atoms with van der Waals surface area (Å²) in [5.74, 6) is 0.520. The first-order valence-electron chi connectivity index (χ1n) is 9.63. The van der Waals surface area contributed by atoms with Crippen molar-refractivity contribution in [3.05, 3.63) is 77.6 Å². The second-order valence-corrected chi connectivity index (χ2v) is 6.77. The number of nitrogens with zero attached hydrogens (tertiary/aromatic N) is 1. The van der Waals surface area contributed by atoms with Gasteiger partial charge in [0.15, 0.2) is 0 Å². The third-order valence-electron chi connectivity index (χ3n) is 4.48. The second kappa shape index (κ2) is 9.90. The van der Waals surface area contributed by atoms with Crippen LogP contribution < -0.4 is 26.2 Å². The average molecular weight is 459 g/mol. The van der Waals surface area contributed by atoms with E-state index >= 15 is 0 Å². The third-order valence-corrected chi connectivity index (χ3v) is 4.48.